The molecule has 1 atom stereocenters. The van der Waals surface area contributed by atoms with Crippen molar-refractivity contribution in [3.05, 3.63) is 68.5 Å². The molecule has 3 heterocycles. The minimum Gasteiger partial charge on any atom is -0.310 e. The number of halogens is 3. The van der Waals surface area contributed by atoms with E-state index in [2.05, 4.69) is 31.3 Å². The van der Waals surface area contributed by atoms with Crippen LogP contribution < -0.4 is 5.32 Å². The van der Waals surface area contributed by atoms with Crippen molar-refractivity contribution in [2.75, 3.05) is 5.32 Å². The minimum absolute atomic E-state index is 0.145. The third-order valence-electron chi connectivity index (χ3n) is 4.96. The molecule has 29 heavy (non-hydrogen) atoms. The molecule has 9 heteroatoms. The largest absolute Gasteiger partial charge is 0.310 e. The number of benzene rings is 2. The van der Waals surface area contributed by atoms with Crippen LogP contribution in [-0.2, 0) is 4.79 Å². The predicted octanol–water partition coefficient (Wildman–Crippen LogP) is 5.82. The molecule has 5 rings (SSSR count). The third-order valence-corrected chi connectivity index (χ3v) is 6.78. The molecule has 0 aliphatic carbocycles. The van der Waals surface area contributed by atoms with Crippen LogP contribution in [0.2, 0.25) is 5.02 Å². The molecule has 0 radical (unpaired) electrons. The fourth-order valence-electron chi connectivity index (χ4n) is 3.71. The number of aromatic nitrogens is 3. The number of thiazole rings is 1. The van der Waals surface area contributed by atoms with Gasteiger partial charge in [0.05, 0.1) is 15.9 Å². The van der Waals surface area contributed by atoms with Gasteiger partial charge in [0.2, 0.25) is 11.0 Å². The summed E-state index contributed by atoms with van der Waals surface area (Å²) >= 11 is 11.3. The quantitative estimate of drug-likeness (QED) is 0.384. The summed E-state index contributed by atoms with van der Waals surface area (Å²) in [6.45, 7) is 1.89. The van der Waals surface area contributed by atoms with Crippen molar-refractivity contribution < 1.29 is 9.18 Å². The lowest BCUT2D eigenvalue weighted by molar-refractivity contribution is -0.116. The molecule has 0 unspecified atom stereocenters. The number of carbonyl (C=O) groups is 1. The highest BCUT2D eigenvalue weighted by Gasteiger charge is 2.34. The molecular weight excluding hydrogens is 479 g/mol. The van der Waals surface area contributed by atoms with E-state index in [-0.39, 0.29) is 18.2 Å². The van der Waals surface area contributed by atoms with Gasteiger partial charge in [-0.15, -0.1) is 0 Å². The summed E-state index contributed by atoms with van der Waals surface area (Å²) in [7, 11) is 0. The van der Waals surface area contributed by atoms with Crippen molar-refractivity contribution in [2.24, 2.45) is 0 Å². The highest BCUT2D eigenvalue weighted by Crippen LogP contribution is 2.43. The van der Waals surface area contributed by atoms with Gasteiger partial charge in [-0.05, 0) is 42.8 Å². The number of anilines is 1. The van der Waals surface area contributed by atoms with E-state index in [0.29, 0.717) is 21.5 Å². The Morgan fingerprint density at radius 3 is 2.93 bits per heavy atom. The van der Waals surface area contributed by atoms with Gasteiger partial charge in [-0.2, -0.15) is 9.78 Å². The molecule has 0 spiro atoms. The summed E-state index contributed by atoms with van der Waals surface area (Å²) in [6.07, 6.45) is 0.220. The molecule has 0 saturated carbocycles. The zero-order chi connectivity index (χ0) is 20.3. The number of hydrogen-bond acceptors (Lipinski definition) is 4. The van der Waals surface area contributed by atoms with Crippen LogP contribution in [0.1, 0.15) is 29.2 Å². The van der Waals surface area contributed by atoms with Crippen molar-refractivity contribution in [2.45, 2.75) is 19.3 Å². The summed E-state index contributed by atoms with van der Waals surface area (Å²) in [4.78, 5) is 17.2. The van der Waals surface area contributed by atoms with E-state index < -0.39 is 5.82 Å². The van der Waals surface area contributed by atoms with Crippen LogP contribution in [0.15, 0.2) is 40.9 Å². The van der Waals surface area contributed by atoms with E-state index in [1.807, 2.05) is 25.1 Å². The first-order valence-electron chi connectivity index (χ1n) is 8.81. The van der Waals surface area contributed by atoms with E-state index in [4.69, 9.17) is 11.6 Å². The topological polar surface area (TPSA) is 59.8 Å². The number of amides is 1. The van der Waals surface area contributed by atoms with E-state index in [9.17, 15) is 9.18 Å². The Bertz CT molecular complexity index is 1300. The average molecular weight is 492 g/mol. The maximum absolute atomic E-state index is 13.5. The molecular formula is C20H13BrClFN4OS. The lowest BCUT2D eigenvalue weighted by Crippen LogP contribution is -2.25. The molecule has 1 N–H and O–H groups in total. The first-order chi connectivity index (χ1) is 13.9. The van der Waals surface area contributed by atoms with Crippen LogP contribution in [0.3, 0.4) is 0 Å². The zero-order valence-corrected chi connectivity index (χ0v) is 18.2. The zero-order valence-electron chi connectivity index (χ0n) is 15.0. The Labute approximate surface area is 182 Å². The monoisotopic (exact) mass is 490 g/mol. The molecule has 1 aliphatic heterocycles. The summed E-state index contributed by atoms with van der Waals surface area (Å²) < 4.78 is 17.2. The Morgan fingerprint density at radius 1 is 1.31 bits per heavy atom. The summed E-state index contributed by atoms with van der Waals surface area (Å²) in [5, 5.41) is 8.55. The average Bonchev–Trinajstić information content (AvgIpc) is 3.21. The van der Waals surface area contributed by atoms with E-state index >= 15 is 0 Å². The lowest BCUT2D eigenvalue weighted by atomic mass is 9.86. The van der Waals surface area contributed by atoms with E-state index in [1.165, 1.54) is 23.5 Å². The van der Waals surface area contributed by atoms with Crippen LogP contribution in [0.5, 0.6) is 0 Å². The Morgan fingerprint density at radius 2 is 2.14 bits per heavy atom. The van der Waals surface area contributed by atoms with Crippen LogP contribution in [0, 0.1) is 12.7 Å². The molecule has 4 aromatic rings. The van der Waals surface area contributed by atoms with Gasteiger partial charge in [0.15, 0.2) is 0 Å². The van der Waals surface area contributed by atoms with Crippen molar-refractivity contribution in [1.29, 1.82) is 0 Å². The fraction of sp³-hybridized carbons (Fsp3) is 0.150. The van der Waals surface area contributed by atoms with Crippen LogP contribution >= 0.6 is 38.9 Å². The summed E-state index contributed by atoms with van der Waals surface area (Å²) in [5.74, 6) is -0.272. The second kappa shape index (κ2) is 6.90. The number of rotatable bonds is 2. The molecule has 5 nitrogen and oxygen atoms in total. The van der Waals surface area contributed by atoms with Gasteiger partial charge in [-0.25, -0.2) is 9.37 Å². The standard InChI is InChI=1S/C20H13BrClFN4OS/c1-9-18-13(12-4-3-11(23)7-14(12)22)8-17(28)25-19(18)27(26-9)20-24-15-5-2-10(21)6-16(15)29-20/h2-7,13H,8H2,1H3,(H,25,28)/t13-/m0/s1. The smallest absolute Gasteiger partial charge is 0.226 e. The van der Waals surface area contributed by atoms with Crippen molar-refractivity contribution >= 4 is 60.8 Å². The number of carbonyl (C=O) groups excluding carboxylic acids is 1. The van der Waals surface area contributed by atoms with Crippen molar-refractivity contribution in [1.82, 2.24) is 14.8 Å². The van der Waals surface area contributed by atoms with Crippen LogP contribution in [0.4, 0.5) is 10.2 Å². The summed E-state index contributed by atoms with van der Waals surface area (Å²) in [6, 6.07) is 10.1. The summed E-state index contributed by atoms with van der Waals surface area (Å²) in [5.41, 5.74) is 3.21. The number of nitrogens with one attached hydrogen (secondary N) is 1. The van der Waals surface area contributed by atoms with E-state index in [1.54, 1.807) is 10.7 Å². The van der Waals surface area contributed by atoms with Gasteiger partial charge >= 0.3 is 0 Å². The normalized spacial score (nSPS) is 16.1. The Hall–Kier alpha value is -2.29. The number of aryl methyl sites for hydroxylation is 1. The highest BCUT2D eigenvalue weighted by atomic mass is 79.9. The highest BCUT2D eigenvalue weighted by molar-refractivity contribution is 9.10. The van der Waals surface area contributed by atoms with Gasteiger partial charge in [-0.1, -0.05) is 44.9 Å². The van der Waals surface area contributed by atoms with Crippen molar-refractivity contribution in [3.8, 4) is 5.13 Å². The molecule has 1 aliphatic rings. The van der Waals surface area contributed by atoms with Crippen LogP contribution in [0.25, 0.3) is 15.3 Å². The Kier molecular flexibility index (Phi) is 4.45. The first-order valence-corrected chi connectivity index (χ1v) is 10.8. The number of hydrogen-bond donors (Lipinski definition) is 1. The first kappa shape index (κ1) is 18.7. The fourth-order valence-corrected chi connectivity index (χ4v) is 5.49. The van der Waals surface area contributed by atoms with Gasteiger partial charge < -0.3 is 5.32 Å². The molecule has 0 bridgehead atoms. The van der Waals surface area contributed by atoms with Gasteiger partial charge in [-0.3, -0.25) is 4.79 Å². The second-order valence-electron chi connectivity index (χ2n) is 6.84. The van der Waals surface area contributed by atoms with Gasteiger partial charge in [0, 0.05) is 27.4 Å². The molecule has 2 aromatic carbocycles. The molecule has 2 aromatic heterocycles. The van der Waals surface area contributed by atoms with E-state index in [0.717, 1.165) is 25.9 Å². The Balaban J connectivity index is 1.68. The lowest BCUT2D eigenvalue weighted by Gasteiger charge is -2.24. The molecule has 0 saturated heterocycles. The van der Waals surface area contributed by atoms with Crippen LogP contribution in [-0.4, -0.2) is 20.7 Å². The molecule has 146 valence electrons. The maximum Gasteiger partial charge on any atom is 0.226 e. The third kappa shape index (κ3) is 3.15. The molecule has 1 amide bonds. The van der Waals surface area contributed by atoms with Crippen molar-refractivity contribution in [3.63, 3.8) is 0 Å². The predicted molar refractivity (Wildman–Crippen MR) is 116 cm³/mol. The second-order valence-corrected chi connectivity index (χ2v) is 9.17. The SMILES string of the molecule is Cc1nn(-c2nc3ccc(Br)cc3s2)c2c1[C@H](c1ccc(F)cc1Cl)CC(=O)N2. The number of nitrogens with zero attached hydrogens (tertiary/aromatic N) is 3. The van der Waals surface area contributed by atoms with Gasteiger partial charge in [0.25, 0.3) is 0 Å². The van der Waals surface area contributed by atoms with Gasteiger partial charge in [0.1, 0.15) is 11.6 Å². The number of fused-ring (bicyclic) bond motifs is 2. The maximum atomic E-state index is 13.5. The molecule has 0 fully saturated rings. The minimum atomic E-state index is -0.410.